The van der Waals surface area contributed by atoms with Gasteiger partial charge in [-0.1, -0.05) is 24.3 Å². The van der Waals surface area contributed by atoms with Crippen molar-refractivity contribution in [2.75, 3.05) is 32.0 Å². The number of rotatable bonds is 6. The third-order valence-electron chi connectivity index (χ3n) is 6.58. The van der Waals surface area contributed by atoms with Crippen LogP contribution in [0.3, 0.4) is 0 Å². The fourth-order valence-electron chi connectivity index (χ4n) is 4.87. The first-order chi connectivity index (χ1) is 17.0. The summed E-state index contributed by atoms with van der Waals surface area (Å²) in [7, 11) is 2.00. The van der Waals surface area contributed by atoms with Crippen LogP contribution >= 0.6 is 0 Å². The fraction of sp³-hybridized carbons (Fsp3) is 0.423. The number of aromatic nitrogens is 1. The molecule has 194 valence electrons. The third-order valence-corrected chi connectivity index (χ3v) is 6.58. The lowest BCUT2D eigenvalue weighted by atomic mass is 9.94. The van der Waals surface area contributed by atoms with Gasteiger partial charge in [-0.2, -0.15) is 26.3 Å². The number of hydrogen-bond donors (Lipinski definition) is 1. The monoisotopic (exact) mass is 510 g/mol. The molecule has 0 radical (unpaired) electrons. The van der Waals surface area contributed by atoms with Crippen LogP contribution in [-0.4, -0.2) is 47.5 Å². The molecule has 4 nitrogen and oxygen atoms in total. The minimum absolute atomic E-state index is 0.125. The SMILES string of the molecule is CCNc1ccc(C(F)(F)F)c(C(c2ccc(C(F)(F)F)cc2)N2C=C([C@@H]3CCCN3C)C=CC2)n1. The van der Waals surface area contributed by atoms with E-state index >= 15 is 0 Å². The lowest BCUT2D eigenvalue weighted by Gasteiger charge is -2.35. The number of hydrogen-bond acceptors (Lipinski definition) is 4. The standard InChI is InChI=1S/C26H28F6N4/c1-3-33-22-13-12-20(26(30,31)32)23(34-22)24(17-8-10-19(11-9-17)25(27,28)29)36-15-4-6-18(16-36)21-7-5-14-35(21)2/h4,6,8-13,16,21,24H,3,5,7,14-15H2,1-2H3,(H,33,34)/t21-,24?/m0/s1. The summed E-state index contributed by atoms with van der Waals surface area (Å²) in [5.41, 5.74) is -0.796. The van der Waals surface area contributed by atoms with Crippen molar-refractivity contribution in [2.45, 2.75) is 44.2 Å². The second kappa shape index (κ2) is 10.2. The van der Waals surface area contributed by atoms with Crippen LogP contribution in [0.15, 0.2) is 60.3 Å². The summed E-state index contributed by atoms with van der Waals surface area (Å²) >= 11 is 0. The first kappa shape index (κ1) is 26.1. The van der Waals surface area contributed by atoms with Gasteiger partial charge >= 0.3 is 12.4 Å². The summed E-state index contributed by atoms with van der Waals surface area (Å²) in [4.78, 5) is 8.26. The van der Waals surface area contributed by atoms with Gasteiger partial charge in [0.25, 0.3) is 0 Å². The van der Waals surface area contributed by atoms with E-state index in [2.05, 4.69) is 15.2 Å². The zero-order valence-electron chi connectivity index (χ0n) is 20.0. The van der Waals surface area contributed by atoms with E-state index in [0.29, 0.717) is 12.1 Å². The number of anilines is 1. The Morgan fingerprint density at radius 1 is 1.03 bits per heavy atom. The number of pyridine rings is 1. The van der Waals surface area contributed by atoms with Crippen LogP contribution in [0.25, 0.3) is 0 Å². The van der Waals surface area contributed by atoms with Crippen molar-refractivity contribution in [1.29, 1.82) is 0 Å². The van der Waals surface area contributed by atoms with E-state index in [0.717, 1.165) is 43.2 Å². The van der Waals surface area contributed by atoms with E-state index in [4.69, 9.17) is 0 Å². The lowest BCUT2D eigenvalue weighted by Crippen LogP contribution is -2.33. The van der Waals surface area contributed by atoms with Crippen molar-refractivity contribution >= 4 is 5.82 Å². The average molecular weight is 511 g/mol. The van der Waals surface area contributed by atoms with E-state index in [1.807, 2.05) is 25.4 Å². The molecule has 4 rings (SSSR count). The maximum Gasteiger partial charge on any atom is 0.418 e. The molecular weight excluding hydrogens is 482 g/mol. The normalized spacial score (nSPS) is 19.9. The first-order valence-corrected chi connectivity index (χ1v) is 11.8. The van der Waals surface area contributed by atoms with Crippen molar-refractivity contribution < 1.29 is 26.3 Å². The van der Waals surface area contributed by atoms with Crippen LogP contribution in [0, 0.1) is 0 Å². The van der Waals surface area contributed by atoms with Crippen LogP contribution in [0.5, 0.6) is 0 Å². The molecule has 10 heteroatoms. The van der Waals surface area contributed by atoms with E-state index in [9.17, 15) is 26.3 Å². The fourth-order valence-corrected chi connectivity index (χ4v) is 4.87. The molecule has 1 aromatic carbocycles. The number of nitrogens with zero attached hydrogens (tertiary/aromatic N) is 3. The molecule has 1 aromatic heterocycles. The van der Waals surface area contributed by atoms with Crippen molar-refractivity contribution in [3.05, 3.63) is 82.7 Å². The lowest BCUT2D eigenvalue weighted by molar-refractivity contribution is -0.139. The highest BCUT2D eigenvalue weighted by Crippen LogP contribution is 2.41. The smallest absolute Gasteiger partial charge is 0.370 e. The van der Waals surface area contributed by atoms with Crippen molar-refractivity contribution in [1.82, 2.24) is 14.8 Å². The highest BCUT2D eigenvalue weighted by molar-refractivity contribution is 5.45. The Hall–Kier alpha value is -3.01. The second-order valence-electron chi connectivity index (χ2n) is 9.05. The maximum absolute atomic E-state index is 14.1. The Morgan fingerprint density at radius 2 is 1.75 bits per heavy atom. The Balaban J connectivity index is 1.86. The van der Waals surface area contributed by atoms with E-state index < -0.39 is 29.5 Å². The molecule has 1 N–H and O–H groups in total. The van der Waals surface area contributed by atoms with Crippen LogP contribution in [0.4, 0.5) is 32.2 Å². The van der Waals surface area contributed by atoms with Crippen LogP contribution in [-0.2, 0) is 12.4 Å². The molecule has 0 aliphatic carbocycles. The topological polar surface area (TPSA) is 31.4 Å². The molecular formula is C26H28F6N4. The van der Waals surface area contributed by atoms with Crippen molar-refractivity contribution in [3.8, 4) is 0 Å². The van der Waals surface area contributed by atoms with Crippen LogP contribution in [0.1, 0.15) is 48.2 Å². The van der Waals surface area contributed by atoms with Crippen molar-refractivity contribution in [3.63, 3.8) is 0 Å². The minimum Gasteiger partial charge on any atom is -0.370 e. The number of likely N-dealkylation sites (N-methyl/N-ethyl adjacent to an activating group) is 1. The van der Waals surface area contributed by atoms with Gasteiger partial charge in [0.05, 0.1) is 22.9 Å². The summed E-state index contributed by atoms with van der Waals surface area (Å²) < 4.78 is 82.1. The Bertz CT molecular complexity index is 1120. The predicted octanol–water partition coefficient (Wildman–Crippen LogP) is 6.49. The molecule has 1 unspecified atom stereocenters. The van der Waals surface area contributed by atoms with Gasteiger partial charge in [-0.3, -0.25) is 4.90 Å². The highest BCUT2D eigenvalue weighted by Gasteiger charge is 2.39. The molecule has 2 aliphatic rings. The second-order valence-corrected chi connectivity index (χ2v) is 9.05. The molecule has 1 saturated heterocycles. The summed E-state index contributed by atoms with van der Waals surface area (Å²) in [6.07, 6.45) is -1.63. The number of halogens is 6. The van der Waals surface area contributed by atoms with Gasteiger partial charge in [0.2, 0.25) is 0 Å². The summed E-state index contributed by atoms with van der Waals surface area (Å²) in [6, 6.07) is 5.61. The number of likely N-dealkylation sites (tertiary alicyclic amines) is 1. The molecule has 0 bridgehead atoms. The molecule has 0 saturated carbocycles. The van der Waals surface area contributed by atoms with Crippen LogP contribution in [0.2, 0.25) is 0 Å². The van der Waals surface area contributed by atoms with E-state index in [1.54, 1.807) is 11.8 Å². The van der Waals surface area contributed by atoms with Gasteiger partial charge in [-0.05, 0) is 68.8 Å². The van der Waals surface area contributed by atoms with Crippen molar-refractivity contribution in [2.24, 2.45) is 0 Å². The molecule has 0 amide bonds. The first-order valence-electron chi connectivity index (χ1n) is 11.8. The van der Waals surface area contributed by atoms with Gasteiger partial charge in [-0.15, -0.1) is 0 Å². The molecule has 36 heavy (non-hydrogen) atoms. The van der Waals surface area contributed by atoms with Gasteiger partial charge in [0.15, 0.2) is 0 Å². The molecule has 3 heterocycles. The zero-order chi connectivity index (χ0) is 26.1. The Labute approximate surface area is 206 Å². The van der Waals surface area contributed by atoms with Gasteiger partial charge < -0.3 is 10.2 Å². The minimum atomic E-state index is -4.69. The molecule has 2 aliphatic heterocycles. The molecule has 0 spiro atoms. The van der Waals surface area contributed by atoms with Gasteiger partial charge in [-0.25, -0.2) is 4.98 Å². The Kier molecular flexibility index (Phi) is 7.36. The molecule has 1 fully saturated rings. The van der Waals surface area contributed by atoms with Gasteiger partial charge in [0.1, 0.15) is 5.82 Å². The highest BCUT2D eigenvalue weighted by atomic mass is 19.4. The largest absolute Gasteiger partial charge is 0.418 e. The Morgan fingerprint density at radius 3 is 2.33 bits per heavy atom. The number of alkyl halides is 6. The summed E-state index contributed by atoms with van der Waals surface area (Å²) in [6.45, 7) is 3.46. The maximum atomic E-state index is 14.1. The van der Waals surface area contributed by atoms with E-state index in [1.165, 1.54) is 18.2 Å². The average Bonchev–Trinajstić information content (AvgIpc) is 3.25. The quantitative estimate of drug-likeness (QED) is 0.450. The molecule has 2 atom stereocenters. The molecule has 2 aromatic rings. The predicted molar refractivity (Wildman–Crippen MR) is 126 cm³/mol. The van der Waals surface area contributed by atoms with Gasteiger partial charge in [0, 0.05) is 25.3 Å². The number of benzene rings is 1. The van der Waals surface area contributed by atoms with Crippen LogP contribution < -0.4 is 5.32 Å². The summed E-state index contributed by atoms with van der Waals surface area (Å²) in [5.74, 6) is 0.268. The third kappa shape index (κ3) is 5.53. The zero-order valence-corrected chi connectivity index (χ0v) is 20.0. The van der Waals surface area contributed by atoms with E-state index in [-0.39, 0.29) is 24.1 Å². The number of nitrogens with one attached hydrogen (secondary N) is 1. The summed E-state index contributed by atoms with van der Waals surface area (Å²) in [5, 5.41) is 2.94.